The van der Waals surface area contributed by atoms with Crippen LogP contribution < -0.4 is 10.6 Å². The highest BCUT2D eigenvalue weighted by atomic mass is 16.2. The van der Waals surface area contributed by atoms with Crippen molar-refractivity contribution in [1.29, 1.82) is 0 Å². The first-order valence-electron chi connectivity index (χ1n) is 11.3. The number of carbonyl (C=O) groups excluding carboxylic acids is 2. The van der Waals surface area contributed by atoms with Crippen molar-refractivity contribution in [1.82, 2.24) is 5.32 Å². The molecule has 2 aromatic rings. The van der Waals surface area contributed by atoms with Gasteiger partial charge < -0.3 is 10.6 Å². The quantitative estimate of drug-likeness (QED) is 0.746. The monoisotopic (exact) mass is 402 g/mol. The van der Waals surface area contributed by atoms with Crippen molar-refractivity contribution in [3.8, 4) is 0 Å². The summed E-state index contributed by atoms with van der Waals surface area (Å²) >= 11 is 0. The van der Waals surface area contributed by atoms with Gasteiger partial charge >= 0.3 is 0 Å². The van der Waals surface area contributed by atoms with E-state index in [2.05, 4.69) is 41.0 Å². The van der Waals surface area contributed by atoms with Gasteiger partial charge in [0, 0.05) is 17.8 Å². The Morgan fingerprint density at radius 1 is 0.967 bits per heavy atom. The number of benzene rings is 2. The number of hydrogen-bond acceptors (Lipinski definition) is 2. The van der Waals surface area contributed by atoms with Crippen molar-refractivity contribution < 1.29 is 9.59 Å². The highest BCUT2D eigenvalue weighted by molar-refractivity contribution is 5.99. The van der Waals surface area contributed by atoms with Crippen LogP contribution in [0.25, 0.3) is 0 Å². The zero-order valence-corrected chi connectivity index (χ0v) is 17.6. The molecule has 4 fully saturated rings. The molecule has 0 aliphatic heterocycles. The van der Waals surface area contributed by atoms with E-state index in [1.165, 1.54) is 24.8 Å². The standard InChI is InChI=1S/C26H30N2O2/c1-2-27-23(29)20-7-6-10-22(12-20)28-24(30)26-15-18-11-19(16-26)14-25(13-18,17-26)21-8-4-3-5-9-21/h3-10,12,18-19H,2,11,13-17H2,1H3,(H,27,29)(H,28,30). The predicted octanol–water partition coefficient (Wildman–Crippen LogP) is 4.91. The van der Waals surface area contributed by atoms with Crippen LogP contribution in [0.1, 0.15) is 61.4 Å². The summed E-state index contributed by atoms with van der Waals surface area (Å²) in [4.78, 5) is 25.8. The molecule has 2 atom stereocenters. The highest BCUT2D eigenvalue weighted by Gasteiger charge is 2.60. The molecule has 4 aliphatic rings. The normalized spacial score (nSPS) is 31.4. The topological polar surface area (TPSA) is 58.2 Å². The fourth-order valence-corrected chi connectivity index (χ4v) is 6.92. The third kappa shape index (κ3) is 3.23. The summed E-state index contributed by atoms with van der Waals surface area (Å²) < 4.78 is 0. The SMILES string of the molecule is CCNC(=O)c1cccc(NC(=O)C23CC4CC(C2)CC(c2ccccc2)(C4)C3)c1. The van der Waals surface area contributed by atoms with Crippen molar-refractivity contribution in [3.05, 3.63) is 65.7 Å². The number of amides is 2. The fourth-order valence-electron chi connectivity index (χ4n) is 6.92. The first-order chi connectivity index (χ1) is 14.5. The van der Waals surface area contributed by atoms with Gasteiger partial charge in [0.1, 0.15) is 0 Å². The molecule has 6 rings (SSSR count). The minimum atomic E-state index is -0.290. The summed E-state index contributed by atoms with van der Waals surface area (Å²) in [5, 5.41) is 6.01. The summed E-state index contributed by atoms with van der Waals surface area (Å²) in [5.41, 5.74) is 2.57. The molecule has 0 aromatic heterocycles. The van der Waals surface area contributed by atoms with Crippen LogP contribution in [0.3, 0.4) is 0 Å². The van der Waals surface area contributed by atoms with Gasteiger partial charge in [-0.25, -0.2) is 0 Å². The van der Waals surface area contributed by atoms with Crippen LogP contribution in [-0.2, 0) is 10.2 Å². The zero-order chi connectivity index (χ0) is 20.8. The van der Waals surface area contributed by atoms with Crippen molar-refractivity contribution in [2.75, 3.05) is 11.9 Å². The predicted molar refractivity (Wildman–Crippen MR) is 118 cm³/mol. The largest absolute Gasteiger partial charge is 0.352 e. The Hall–Kier alpha value is -2.62. The molecule has 4 aliphatic carbocycles. The van der Waals surface area contributed by atoms with Gasteiger partial charge in [-0.1, -0.05) is 36.4 Å². The lowest BCUT2D eigenvalue weighted by atomic mass is 9.42. The lowest BCUT2D eigenvalue weighted by Gasteiger charge is -2.61. The average molecular weight is 403 g/mol. The van der Waals surface area contributed by atoms with Gasteiger partial charge in [-0.05, 0) is 86.5 Å². The van der Waals surface area contributed by atoms with Crippen LogP contribution in [0.2, 0.25) is 0 Å². The summed E-state index contributed by atoms with van der Waals surface area (Å²) in [6.07, 6.45) is 6.65. The Morgan fingerprint density at radius 2 is 1.70 bits per heavy atom. The minimum Gasteiger partial charge on any atom is -0.352 e. The van der Waals surface area contributed by atoms with E-state index in [9.17, 15) is 9.59 Å². The smallest absolute Gasteiger partial charge is 0.251 e. The maximum absolute atomic E-state index is 13.6. The number of carbonyl (C=O) groups is 2. The second-order valence-corrected chi connectivity index (χ2v) is 9.78. The number of hydrogen-bond donors (Lipinski definition) is 2. The first kappa shape index (κ1) is 19.3. The molecule has 4 bridgehead atoms. The van der Waals surface area contributed by atoms with Gasteiger partial charge in [0.15, 0.2) is 0 Å². The molecule has 2 amide bonds. The average Bonchev–Trinajstić information content (AvgIpc) is 2.74. The number of rotatable bonds is 5. The van der Waals surface area contributed by atoms with Gasteiger partial charge in [0.2, 0.25) is 5.91 Å². The van der Waals surface area contributed by atoms with E-state index >= 15 is 0 Å². The van der Waals surface area contributed by atoms with Gasteiger partial charge in [-0.2, -0.15) is 0 Å². The third-order valence-corrected chi connectivity index (χ3v) is 7.65. The molecule has 4 heteroatoms. The van der Waals surface area contributed by atoms with Gasteiger partial charge in [0.05, 0.1) is 5.41 Å². The van der Waals surface area contributed by atoms with Crippen LogP contribution in [0.4, 0.5) is 5.69 Å². The second-order valence-electron chi connectivity index (χ2n) is 9.78. The van der Waals surface area contributed by atoms with E-state index in [0.717, 1.165) is 19.3 Å². The summed E-state index contributed by atoms with van der Waals surface area (Å²) in [6.45, 7) is 2.49. The van der Waals surface area contributed by atoms with Crippen LogP contribution in [0.15, 0.2) is 54.6 Å². The van der Waals surface area contributed by atoms with Crippen molar-refractivity contribution in [2.24, 2.45) is 17.3 Å². The minimum absolute atomic E-state index is 0.105. The van der Waals surface area contributed by atoms with Crippen LogP contribution in [-0.4, -0.2) is 18.4 Å². The molecule has 2 aromatic carbocycles. The van der Waals surface area contributed by atoms with E-state index < -0.39 is 0 Å². The zero-order valence-electron chi connectivity index (χ0n) is 17.6. The Labute approximate surface area is 178 Å². The van der Waals surface area contributed by atoms with Crippen molar-refractivity contribution in [3.63, 3.8) is 0 Å². The Kier molecular flexibility index (Phi) is 4.68. The van der Waals surface area contributed by atoms with Gasteiger partial charge in [-0.3, -0.25) is 9.59 Å². The maximum Gasteiger partial charge on any atom is 0.251 e. The van der Waals surface area contributed by atoms with E-state index in [1.807, 2.05) is 19.1 Å². The molecule has 4 nitrogen and oxygen atoms in total. The van der Waals surface area contributed by atoms with Gasteiger partial charge in [0.25, 0.3) is 5.91 Å². The van der Waals surface area contributed by atoms with Crippen molar-refractivity contribution >= 4 is 17.5 Å². The lowest BCUT2D eigenvalue weighted by molar-refractivity contribution is -0.143. The molecular formula is C26H30N2O2. The van der Waals surface area contributed by atoms with Crippen LogP contribution >= 0.6 is 0 Å². The molecule has 0 heterocycles. The molecule has 0 radical (unpaired) electrons. The van der Waals surface area contributed by atoms with E-state index in [0.29, 0.717) is 29.6 Å². The molecule has 0 spiro atoms. The molecule has 30 heavy (non-hydrogen) atoms. The Balaban J connectivity index is 1.41. The summed E-state index contributed by atoms with van der Waals surface area (Å²) in [6, 6.07) is 18.2. The molecule has 2 N–H and O–H groups in total. The van der Waals surface area contributed by atoms with Gasteiger partial charge in [-0.15, -0.1) is 0 Å². The molecule has 4 saturated carbocycles. The molecule has 0 saturated heterocycles. The highest BCUT2D eigenvalue weighted by Crippen LogP contribution is 2.65. The maximum atomic E-state index is 13.6. The summed E-state index contributed by atoms with van der Waals surface area (Å²) in [5.74, 6) is 1.31. The number of nitrogens with one attached hydrogen (secondary N) is 2. The molecule has 156 valence electrons. The molecular weight excluding hydrogens is 372 g/mol. The third-order valence-electron chi connectivity index (χ3n) is 7.65. The Bertz CT molecular complexity index is 954. The first-order valence-corrected chi connectivity index (χ1v) is 11.3. The van der Waals surface area contributed by atoms with Crippen molar-refractivity contribution in [2.45, 2.75) is 50.9 Å². The number of anilines is 1. The van der Waals surface area contributed by atoms with E-state index in [-0.39, 0.29) is 22.6 Å². The summed E-state index contributed by atoms with van der Waals surface area (Å²) in [7, 11) is 0. The fraction of sp³-hybridized carbons (Fsp3) is 0.462. The van der Waals surface area contributed by atoms with Crippen LogP contribution in [0, 0.1) is 17.3 Å². The van der Waals surface area contributed by atoms with Crippen LogP contribution in [0.5, 0.6) is 0 Å². The van der Waals surface area contributed by atoms with E-state index in [4.69, 9.17) is 0 Å². The Morgan fingerprint density at radius 3 is 2.40 bits per heavy atom. The second kappa shape index (κ2) is 7.26. The molecule has 2 unspecified atom stereocenters. The van der Waals surface area contributed by atoms with E-state index in [1.54, 1.807) is 12.1 Å². The lowest BCUT2D eigenvalue weighted by Crippen LogP contribution is -2.57.